The number of carbonyl (C=O) groups excluding carboxylic acids is 2. The second-order valence-corrected chi connectivity index (χ2v) is 6.57. The zero-order valence-corrected chi connectivity index (χ0v) is 12.5. The van der Waals surface area contributed by atoms with Gasteiger partial charge in [-0.05, 0) is 33.6 Å². The van der Waals surface area contributed by atoms with Crippen LogP contribution in [0, 0.1) is 0 Å². The van der Waals surface area contributed by atoms with Gasteiger partial charge in [0.1, 0.15) is 11.2 Å². The van der Waals surface area contributed by atoms with Crippen molar-refractivity contribution in [2.24, 2.45) is 0 Å². The van der Waals surface area contributed by atoms with Gasteiger partial charge in [-0.2, -0.15) is 0 Å². The molecule has 0 aromatic rings. The summed E-state index contributed by atoms with van der Waals surface area (Å²) in [5, 5.41) is 2.67. The van der Waals surface area contributed by atoms with Crippen LogP contribution >= 0.6 is 0 Å². The zero-order valence-electron chi connectivity index (χ0n) is 12.5. The maximum Gasteiger partial charge on any atom is 0.410 e. The van der Waals surface area contributed by atoms with E-state index in [1.165, 1.54) is 0 Å². The summed E-state index contributed by atoms with van der Waals surface area (Å²) in [7, 11) is 0. The molecular weight excluding hydrogens is 260 g/mol. The third kappa shape index (κ3) is 3.77. The first-order valence-electron chi connectivity index (χ1n) is 7.25. The Morgan fingerprint density at radius 2 is 2.05 bits per heavy atom. The molecular formula is C14H24N2O4. The molecule has 1 unspecified atom stereocenters. The molecule has 0 aliphatic carbocycles. The number of ether oxygens (including phenoxy) is 2. The topological polar surface area (TPSA) is 67.9 Å². The third-order valence-electron chi connectivity index (χ3n) is 3.71. The van der Waals surface area contributed by atoms with Crippen LogP contribution in [-0.2, 0) is 9.47 Å². The number of likely N-dealkylation sites (tertiary alicyclic amines) is 1. The Kier molecular flexibility index (Phi) is 4.11. The van der Waals surface area contributed by atoms with Gasteiger partial charge in [-0.1, -0.05) is 0 Å². The van der Waals surface area contributed by atoms with E-state index in [4.69, 9.17) is 9.47 Å². The van der Waals surface area contributed by atoms with Crippen LogP contribution < -0.4 is 5.32 Å². The lowest BCUT2D eigenvalue weighted by atomic mass is 9.90. The number of nitrogens with one attached hydrogen (secondary N) is 1. The van der Waals surface area contributed by atoms with Crippen LogP contribution in [0.15, 0.2) is 0 Å². The number of rotatable bonds is 0. The van der Waals surface area contributed by atoms with Crippen molar-refractivity contribution in [3.05, 3.63) is 0 Å². The predicted octanol–water partition coefficient (Wildman–Crippen LogP) is 2.28. The maximum absolute atomic E-state index is 12.1. The fourth-order valence-electron chi connectivity index (χ4n) is 2.70. The first-order chi connectivity index (χ1) is 9.30. The van der Waals surface area contributed by atoms with Crippen molar-refractivity contribution in [2.75, 3.05) is 19.6 Å². The normalized spacial score (nSPS) is 27.6. The summed E-state index contributed by atoms with van der Waals surface area (Å²) in [4.78, 5) is 25.2. The van der Waals surface area contributed by atoms with Gasteiger partial charge in [0.05, 0.1) is 0 Å². The molecule has 20 heavy (non-hydrogen) atoms. The van der Waals surface area contributed by atoms with Crippen molar-refractivity contribution in [3.8, 4) is 0 Å². The van der Waals surface area contributed by atoms with Crippen molar-refractivity contribution in [1.82, 2.24) is 10.2 Å². The first-order valence-corrected chi connectivity index (χ1v) is 7.25. The second kappa shape index (κ2) is 5.50. The summed E-state index contributed by atoms with van der Waals surface area (Å²) in [6, 6.07) is 0. The Morgan fingerprint density at radius 1 is 1.30 bits per heavy atom. The van der Waals surface area contributed by atoms with Crippen LogP contribution in [0.4, 0.5) is 9.59 Å². The fourth-order valence-corrected chi connectivity index (χ4v) is 2.70. The Morgan fingerprint density at radius 3 is 2.70 bits per heavy atom. The molecule has 114 valence electrons. The van der Waals surface area contributed by atoms with E-state index in [1.54, 1.807) is 4.90 Å². The van der Waals surface area contributed by atoms with E-state index < -0.39 is 11.2 Å². The highest BCUT2D eigenvalue weighted by Crippen LogP contribution is 2.32. The largest absolute Gasteiger partial charge is 0.444 e. The molecule has 1 atom stereocenters. The highest BCUT2D eigenvalue weighted by molar-refractivity contribution is 5.69. The molecule has 6 nitrogen and oxygen atoms in total. The average Bonchev–Trinajstić information content (AvgIpc) is 2.50. The zero-order chi connectivity index (χ0) is 14.8. The molecule has 2 heterocycles. The number of nitrogens with zero attached hydrogens (tertiary/aromatic N) is 1. The highest BCUT2D eigenvalue weighted by atomic mass is 16.6. The molecule has 2 amide bonds. The van der Waals surface area contributed by atoms with E-state index >= 15 is 0 Å². The summed E-state index contributed by atoms with van der Waals surface area (Å²) in [6.07, 6.45) is 2.49. The van der Waals surface area contributed by atoms with Crippen molar-refractivity contribution in [1.29, 1.82) is 0 Å². The minimum absolute atomic E-state index is 0.283. The molecule has 2 aliphatic rings. The summed E-state index contributed by atoms with van der Waals surface area (Å²) in [6.45, 7) is 7.45. The number of alkyl carbamates (subject to hydrolysis) is 1. The standard InChI is InChI=1S/C14H24N2O4/c1-13(2,3)20-12(18)16-9-4-5-14(7-10-16)6-8-15-11(17)19-14/h4-10H2,1-3H3,(H,15,17). The molecule has 2 fully saturated rings. The predicted molar refractivity (Wildman–Crippen MR) is 73.5 cm³/mol. The van der Waals surface area contributed by atoms with Gasteiger partial charge in [0.2, 0.25) is 0 Å². The Bertz CT molecular complexity index is 391. The first kappa shape index (κ1) is 14.9. The lowest BCUT2D eigenvalue weighted by molar-refractivity contribution is -0.0236. The number of amides is 2. The van der Waals surface area contributed by atoms with Gasteiger partial charge in [0.25, 0.3) is 0 Å². The van der Waals surface area contributed by atoms with Gasteiger partial charge in [0.15, 0.2) is 0 Å². The minimum Gasteiger partial charge on any atom is -0.444 e. The van der Waals surface area contributed by atoms with E-state index in [-0.39, 0.29) is 12.2 Å². The van der Waals surface area contributed by atoms with Crippen LogP contribution in [-0.4, -0.2) is 47.9 Å². The Balaban J connectivity index is 1.95. The number of carbonyl (C=O) groups is 2. The van der Waals surface area contributed by atoms with E-state index in [2.05, 4.69) is 5.32 Å². The van der Waals surface area contributed by atoms with Gasteiger partial charge in [-0.15, -0.1) is 0 Å². The molecule has 1 spiro atoms. The van der Waals surface area contributed by atoms with Gasteiger partial charge >= 0.3 is 12.2 Å². The molecule has 2 saturated heterocycles. The monoisotopic (exact) mass is 284 g/mol. The molecule has 2 aliphatic heterocycles. The lowest BCUT2D eigenvalue weighted by Crippen LogP contribution is -2.48. The SMILES string of the molecule is CC(C)(C)OC(=O)N1CCCC2(CCNC(=O)O2)CC1. The van der Waals surface area contributed by atoms with Crippen molar-refractivity contribution >= 4 is 12.2 Å². The molecule has 0 aromatic heterocycles. The van der Waals surface area contributed by atoms with E-state index in [0.717, 1.165) is 19.3 Å². The van der Waals surface area contributed by atoms with E-state index in [9.17, 15) is 9.59 Å². The molecule has 0 radical (unpaired) electrons. The van der Waals surface area contributed by atoms with Crippen LogP contribution in [0.2, 0.25) is 0 Å². The summed E-state index contributed by atoms with van der Waals surface area (Å²) < 4.78 is 10.9. The molecule has 0 saturated carbocycles. The number of hydrogen-bond donors (Lipinski definition) is 1. The summed E-state index contributed by atoms with van der Waals surface area (Å²) in [5.74, 6) is 0. The van der Waals surface area contributed by atoms with E-state index in [1.807, 2.05) is 20.8 Å². The highest BCUT2D eigenvalue weighted by Gasteiger charge is 2.39. The third-order valence-corrected chi connectivity index (χ3v) is 3.71. The van der Waals surface area contributed by atoms with Gasteiger partial charge in [-0.3, -0.25) is 0 Å². The van der Waals surface area contributed by atoms with Crippen LogP contribution in [0.3, 0.4) is 0 Å². The second-order valence-electron chi connectivity index (χ2n) is 6.57. The molecule has 0 aromatic carbocycles. The van der Waals surface area contributed by atoms with Gasteiger partial charge in [0, 0.05) is 32.5 Å². The molecule has 2 rings (SSSR count). The van der Waals surface area contributed by atoms with Crippen molar-refractivity contribution in [3.63, 3.8) is 0 Å². The van der Waals surface area contributed by atoms with Crippen LogP contribution in [0.25, 0.3) is 0 Å². The average molecular weight is 284 g/mol. The lowest BCUT2D eigenvalue weighted by Gasteiger charge is -2.36. The van der Waals surface area contributed by atoms with Crippen LogP contribution in [0.1, 0.15) is 46.5 Å². The Hall–Kier alpha value is -1.46. The van der Waals surface area contributed by atoms with Gasteiger partial charge in [-0.25, -0.2) is 9.59 Å². The van der Waals surface area contributed by atoms with Crippen molar-refractivity contribution in [2.45, 2.75) is 57.7 Å². The minimum atomic E-state index is -0.484. The smallest absolute Gasteiger partial charge is 0.410 e. The molecule has 0 bridgehead atoms. The summed E-state index contributed by atoms with van der Waals surface area (Å²) >= 11 is 0. The molecule has 1 N–H and O–H groups in total. The maximum atomic E-state index is 12.1. The van der Waals surface area contributed by atoms with Crippen molar-refractivity contribution < 1.29 is 19.1 Å². The fraction of sp³-hybridized carbons (Fsp3) is 0.857. The molecule has 6 heteroatoms. The van der Waals surface area contributed by atoms with Crippen LogP contribution in [0.5, 0.6) is 0 Å². The number of hydrogen-bond acceptors (Lipinski definition) is 4. The Labute approximate surface area is 119 Å². The van der Waals surface area contributed by atoms with Gasteiger partial charge < -0.3 is 19.7 Å². The van der Waals surface area contributed by atoms with E-state index in [0.29, 0.717) is 26.1 Å². The quantitative estimate of drug-likeness (QED) is 0.741. The summed E-state index contributed by atoms with van der Waals surface area (Å²) in [5.41, 5.74) is -0.888.